The smallest absolute Gasteiger partial charge is 0.274 e. The monoisotopic (exact) mass is 311 g/mol. The molecule has 118 valence electrons. The molecule has 1 aromatic rings. The third-order valence-corrected chi connectivity index (χ3v) is 4.76. The topological polar surface area (TPSA) is 75.4 Å². The molecule has 5 nitrogen and oxygen atoms in total. The maximum absolute atomic E-state index is 11.0. The lowest BCUT2D eigenvalue weighted by atomic mass is 9.95. The molecule has 1 aliphatic heterocycles. The van der Waals surface area contributed by atoms with E-state index in [1.165, 1.54) is 11.1 Å². The van der Waals surface area contributed by atoms with Crippen LogP contribution in [0, 0.1) is 12.8 Å². The summed E-state index contributed by atoms with van der Waals surface area (Å²) in [7, 11) is -3.59. The van der Waals surface area contributed by atoms with Crippen molar-refractivity contribution in [2.24, 2.45) is 11.1 Å². The SMILES string of the molecule is Cc1cccc(C(C)N2CCCC(CNS(N)(=O)=O)C2)c1. The molecule has 1 heterocycles. The maximum atomic E-state index is 11.0. The van der Waals surface area contributed by atoms with Crippen molar-refractivity contribution in [3.05, 3.63) is 35.4 Å². The van der Waals surface area contributed by atoms with Gasteiger partial charge in [-0.3, -0.25) is 4.90 Å². The van der Waals surface area contributed by atoms with Crippen molar-refractivity contribution in [3.63, 3.8) is 0 Å². The van der Waals surface area contributed by atoms with Crippen molar-refractivity contribution < 1.29 is 8.42 Å². The number of piperidine rings is 1. The zero-order valence-corrected chi connectivity index (χ0v) is 13.6. The molecule has 0 aromatic heterocycles. The Morgan fingerprint density at radius 3 is 2.90 bits per heavy atom. The van der Waals surface area contributed by atoms with Crippen LogP contribution in [-0.4, -0.2) is 33.0 Å². The van der Waals surface area contributed by atoms with E-state index in [0.29, 0.717) is 18.5 Å². The van der Waals surface area contributed by atoms with E-state index in [0.717, 1.165) is 25.9 Å². The van der Waals surface area contributed by atoms with Crippen LogP contribution in [0.1, 0.15) is 36.9 Å². The Bertz CT molecular complexity index is 574. The van der Waals surface area contributed by atoms with Gasteiger partial charge in [0.1, 0.15) is 0 Å². The summed E-state index contributed by atoms with van der Waals surface area (Å²) in [5.41, 5.74) is 2.58. The molecule has 1 aromatic carbocycles. The van der Waals surface area contributed by atoms with Gasteiger partial charge in [-0.05, 0) is 44.7 Å². The van der Waals surface area contributed by atoms with Gasteiger partial charge in [0.25, 0.3) is 10.2 Å². The molecule has 0 bridgehead atoms. The summed E-state index contributed by atoms with van der Waals surface area (Å²) in [6.07, 6.45) is 2.13. The van der Waals surface area contributed by atoms with E-state index in [4.69, 9.17) is 5.14 Å². The second kappa shape index (κ2) is 6.87. The number of likely N-dealkylation sites (tertiary alicyclic amines) is 1. The fraction of sp³-hybridized carbons (Fsp3) is 0.600. The van der Waals surface area contributed by atoms with Crippen LogP contribution in [-0.2, 0) is 10.2 Å². The summed E-state index contributed by atoms with van der Waals surface area (Å²) in [4.78, 5) is 2.42. The first-order valence-electron chi connectivity index (χ1n) is 7.43. The molecule has 2 rings (SSSR count). The lowest BCUT2D eigenvalue weighted by molar-refractivity contribution is 0.133. The van der Waals surface area contributed by atoms with E-state index in [1.807, 2.05) is 0 Å². The van der Waals surface area contributed by atoms with Gasteiger partial charge in [0.2, 0.25) is 0 Å². The Hall–Kier alpha value is -0.950. The van der Waals surface area contributed by atoms with Crippen molar-refractivity contribution in [1.82, 2.24) is 9.62 Å². The molecule has 0 amide bonds. The van der Waals surface area contributed by atoms with Gasteiger partial charge in [0.15, 0.2) is 0 Å². The number of benzene rings is 1. The van der Waals surface area contributed by atoms with E-state index in [2.05, 4.69) is 47.7 Å². The lowest BCUT2D eigenvalue weighted by Crippen LogP contribution is -2.43. The van der Waals surface area contributed by atoms with E-state index in [9.17, 15) is 8.42 Å². The molecule has 6 heteroatoms. The molecule has 1 saturated heterocycles. The van der Waals surface area contributed by atoms with Gasteiger partial charge in [-0.2, -0.15) is 8.42 Å². The molecule has 0 aliphatic carbocycles. The van der Waals surface area contributed by atoms with E-state index < -0.39 is 10.2 Å². The highest BCUT2D eigenvalue weighted by atomic mass is 32.2. The van der Waals surface area contributed by atoms with Crippen LogP contribution in [0.25, 0.3) is 0 Å². The minimum atomic E-state index is -3.59. The van der Waals surface area contributed by atoms with Gasteiger partial charge >= 0.3 is 0 Å². The summed E-state index contributed by atoms with van der Waals surface area (Å²) < 4.78 is 24.4. The van der Waals surface area contributed by atoms with Crippen molar-refractivity contribution in [3.8, 4) is 0 Å². The fourth-order valence-electron chi connectivity index (χ4n) is 2.99. The van der Waals surface area contributed by atoms with Crippen LogP contribution < -0.4 is 9.86 Å². The molecule has 0 spiro atoms. The van der Waals surface area contributed by atoms with Crippen molar-refractivity contribution >= 4 is 10.2 Å². The summed E-state index contributed by atoms with van der Waals surface area (Å²) in [6, 6.07) is 8.92. The normalized spacial score (nSPS) is 22.1. The maximum Gasteiger partial charge on any atom is 0.274 e. The largest absolute Gasteiger partial charge is 0.296 e. The first-order valence-corrected chi connectivity index (χ1v) is 8.98. The number of hydrogen-bond donors (Lipinski definition) is 2. The molecule has 1 aliphatic rings. The molecule has 2 atom stereocenters. The molecular weight excluding hydrogens is 286 g/mol. The van der Waals surface area contributed by atoms with Crippen LogP contribution in [0.4, 0.5) is 0 Å². The van der Waals surface area contributed by atoms with Crippen LogP contribution in [0.3, 0.4) is 0 Å². The minimum Gasteiger partial charge on any atom is -0.296 e. The highest BCUT2D eigenvalue weighted by Gasteiger charge is 2.24. The third kappa shape index (κ3) is 5.07. The number of nitrogens with one attached hydrogen (secondary N) is 1. The number of aryl methyl sites for hydroxylation is 1. The zero-order chi connectivity index (χ0) is 15.5. The van der Waals surface area contributed by atoms with Gasteiger partial charge in [-0.25, -0.2) is 9.86 Å². The zero-order valence-electron chi connectivity index (χ0n) is 12.7. The van der Waals surface area contributed by atoms with Gasteiger partial charge in [0.05, 0.1) is 0 Å². The average Bonchev–Trinajstić information content (AvgIpc) is 2.44. The van der Waals surface area contributed by atoms with E-state index >= 15 is 0 Å². The Kier molecular flexibility index (Phi) is 5.37. The predicted octanol–water partition coefficient (Wildman–Crippen LogP) is 1.56. The Labute approximate surface area is 127 Å². The molecule has 21 heavy (non-hydrogen) atoms. The summed E-state index contributed by atoms with van der Waals surface area (Å²) >= 11 is 0. The van der Waals surface area contributed by atoms with Crippen molar-refractivity contribution in [1.29, 1.82) is 0 Å². The Morgan fingerprint density at radius 1 is 1.48 bits per heavy atom. The number of rotatable bonds is 5. The molecule has 0 saturated carbocycles. The van der Waals surface area contributed by atoms with Crippen molar-refractivity contribution in [2.45, 2.75) is 32.7 Å². The summed E-state index contributed by atoms with van der Waals surface area (Å²) in [5.74, 6) is 0.323. The van der Waals surface area contributed by atoms with E-state index in [-0.39, 0.29) is 0 Å². The summed E-state index contributed by atoms with van der Waals surface area (Å²) in [6.45, 7) is 6.70. The highest BCUT2D eigenvalue weighted by Crippen LogP contribution is 2.26. The quantitative estimate of drug-likeness (QED) is 0.866. The van der Waals surface area contributed by atoms with Gasteiger partial charge in [0, 0.05) is 19.1 Å². The number of hydrogen-bond acceptors (Lipinski definition) is 3. The fourth-order valence-corrected chi connectivity index (χ4v) is 3.46. The minimum absolute atomic E-state index is 0.323. The van der Waals surface area contributed by atoms with Crippen LogP contribution in [0.5, 0.6) is 0 Å². The second-order valence-electron chi connectivity index (χ2n) is 5.99. The van der Waals surface area contributed by atoms with Crippen LogP contribution in [0.2, 0.25) is 0 Å². The Balaban J connectivity index is 1.97. The summed E-state index contributed by atoms with van der Waals surface area (Å²) in [5, 5.41) is 5.00. The molecule has 0 radical (unpaired) electrons. The van der Waals surface area contributed by atoms with Crippen LogP contribution >= 0.6 is 0 Å². The van der Waals surface area contributed by atoms with Gasteiger partial charge < -0.3 is 0 Å². The average molecular weight is 311 g/mol. The number of nitrogens with two attached hydrogens (primary N) is 1. The molecule has 1 fully saturated rings. The standard InChI is InChI=1S/C15H25N3O2S/c1-12-5-3-7-15(9-12)13(2)18-8-4-6-14(11-18)10-17-21(16,19)20/h3,5,7,9,13-14,17H,4,6,8,10-11H2,1-2H3,(H2,16,19,20). The highest BCUT2D eigenvalue weighted by molar-refractivity contribution is 7.87. The van der Waals surface area contributed by atoms with Gasteiger partial charge in [-0.15, -0.1) is 0 Å². The second-order valence-corrected chi connectivity index (χ2v) is 7.37. The van der Waals surface area contributed by atoms with E-state index in [1.54, 1.807) is 0 Å². The molecular formula is C15H25N3O2S. The molecule has 3 N–H and O–H groups in total. The predicted molar refractivity (Wildman–Crippen MR) is 85.0 cm³/mol. The van der Waals surface area contributed by atoms with Crippen LogP contribution in [0.15, 0.2) is 24.3 Å². The van der Waals surface area contributed by atoms with Gasteiger partial charge in [-0.1, -0.05) is 29.8 Å². The first-order chi connectivity index (χ1) is 9.85. The lowest BCUT2D eigenvalue weighted by Gasteiger charge is -2.37. The Morgan fingerprint density at radius 2 is 2.24 bits per heavy atom. The first kappa shape index (κ1) is 16.4. The third-order valence-electron chi connectivity index (χ3n) is 4.20. The van der Waals surface area contributed by atoms with Crippen molar-refractivity contribution in [2.75, 3.05) is 19.6 Å². The number of nitrogens with zero attached hydrogens (tertiary/aromatic N) is 1. The molecule has 2 unspecified atom stereocenters.